The van der Waals surface area contributed by atoms with Crippen molar-refractivity contribution in [2.75, 3.05) is 7.11 Å². The van der Waals surface area contributed by atoms with Crippen LogP contribution in [0.1, 0.15) is 17.3 Å². The predicted octanol–water partition coefficient (Wildman–Crippen LogP) is 4.00. The number of Topliss-reactive ketones (excluding diaryl/α,β-unsaturated/α-hetero) is 1. The minimum Gasteiger partial charge on any atom is -0.497 e. The van der Waals surface area contributed by atoms with Crippen LogP contribution in [0.5, 0.6) is 11.5 Å². The van der Waals surface area contributed by atoms with Gasteiger partial charge in [-0.15, -0.1) is 0 Å². The van der Waals surface area contributed by atoms with Crippen molar-refractivity contribution in [2.45, 2.75) is 13.0 Å². The molecule has 0 heterocycles. The average molecular weight is 291 g/mol. The maximum atomic E-state index is 12.3. The molecule has 0 aliphatic carbocycles. The molecule has 2 rings (SSSR count). The van der Waals surface area contributed by atoms with Crippen molar-refractivity contribution in [3.63, 3.8) is 0 Å². The van der Waals surface area contributed by atoms with Crippen LogP contribution >= 0.6 is 11.6 Å². The van der Waals surface area contributed by atoms with Gasteiger partial charge >= 0.3 is 0 Å². The number of benzene rings is 2. The molecule has 1 atom stereocenters. The third kappa shape index (κ3) is 3.31. The molecular formula is C16H15ClO3. The average Bonchev–Trinajstić information content (AvgIpc) is 2.49. The van der Waals surface area contributed by atoms with Crippen LogP contribution in [-0.4, -0.2) is 19.0 Å². The Balaban J connectivity index is 2.10. The van der Waals surface area contributed by atoms with Gasteiger partial charge in [0.1, 0.15) is 11.5 Å². The van der Waals surface area contributed by atoms with Gasteiger partial charge in [-0.25, -0.2) is 0 Å². The number of ether oxygens (including phenoxy) is 2. The van der Waals surface area contributed by atoms with Gasteiger partial charge in [0.2, 0.25) is 5.78 Å². The maximum Gasteiger partial charge on any atom is 0.202 e. The van der Waals surface area contributed by atoms with Crippen molar-refractivity contribution in [1.82, 2.24) is 0 Å². The van der Waals surface area contributed by atoms with E-state index in [1.807, 2.05) is 12.1 Å². The van der Waals surface area contributed by atoms with E-state index in [4.69, 9.17) is 21.1 Å². The summed E-state index contributed by atoms with van der Waals surface area (Å²) in [6.45, 7) is 1.70. The lowest BCUT2D eigenvalue weighted by Crippen LogP contribution is -2.24. The summed E-state index contributed by atoms with van der Waals surface area (Å²) in [5, 5.41) is 0.488. The number of ketones is 1. The largest absolute Gasteiger partial charge is 0.497 e. The molecule has 0 amide bonds. The van der Waals surface area contributed by atoms with Crippen LogP contribution in [0.3, 0.4) is 0 Å². The van der Waals surface area contributed by atoms with Gasteiger partial charge in [0.25, 0.3) is 0 Å². The molecule has 0 saturated heterocycles. The van der Waals surface area contributed by atoms with Gasteiger partial charge in [-0.2, -0.15) is 0 Å². The van der Waals surface area contributed by atoms with Crippen LogP contribution in [0.2, 0.25) is 5.02 Å². The Labute approximate surface area is 123 Å². The first-order valence-electron chi connectivity index (χ1n) is 6.21. The highest BCUT2D eigenvalue weighted by Crippen LogP contribution is 2.25. The molecule has 0 saturated carbocycles. The highest BCUT2D eigenvalue weighted by Gasteiger charge is 2.17. The van der Waals surface area contributed by atoms with E-state index >= 15 is 0 Å². The first kappa shape index (κ1) is 14.4. The van der Waals surface area contributed by atoms with Crippen LogP contribution in [0.25, 0.3) is 0 Å². The minimum absolute atomic E-state index is 0.104. The molecule has 104 valence electrons. The lowest BCUT2D eigenvalue weighted by atomic mass is 10.1. The van der Waals surface area contributed by atoms with Gasteiger partial charge < -0.3 is 9.47 Å². The van der Waals surface area contributed by atoms with Gasteiger partial charge in [0.05, 0.1) is 12.1 Å². The molecule has 0 aliphatic rings. The minimum atomic E-state index is -0.608. The summed E-state index contributed by atoms with van der Waals surface area (Å²) < 4.78 is 10.7. The molecule has 0 spiro atoms. The van der Waals surface area contributed by atoms with Gasteiger partial charge in [0, 0.05) is 5.56 Å². The molecule has 3 nitrogen and oxygen atoms in total. The number of rotatable bonds is 5. The van der Waals surface area contributed by atoms with E-state index in [-0.39, 0.29) is 5.78 Å². The number of para-hydroxylation sites is 1. The maximum absolute atomic E-state index is 12.3. The topological polar surface area (TPSA) is 35.5 Å². The van der Waals surface area contributed by atoms with Crippen molar-refractivity contribution < 1.29 is 14.3 Å². The van der Waals surface area contributed by atoms with Crippen LogP contribution in [0, 0.1) is 0 Å². The Hall–Kier alpha value is -2.00. The Morgan fingerprint density at radius 1 is 1.10 bits per heavy atom. The first-order chi connectivity index (χ1) is 9.61. The quantitative estimate of drug-likeness (QED) is 0.781. The third-order valence-electron chi connectivity index (χ3n) is 2.88. The van der Waals surface area contributed by atoms with E-state index in [1.54, 1.807) is 50.4 Å². The molecule has 2 aromatic carbocycles. The molecule has 0 fully saturated rings. The molecule has 4 heteroatoms. The number of hydrogen-bond acceptors (Lipinski definition) is 3. The molecule has 20 heavy (non-hydrogen) atoms. The Kier molecular flexibility index (Phi) is 4.64. The second-order valence-electron chi connectivity index (χ2n) is 4.28. The first-order valence-corrected chi connectivity index (χ1v) is 6.59. The molecule has 1 unspecified atom stereocenters. The number of halogens is 1. The van der Waals surface area contributed by atoms with Crippen LogP contribution in [0.15, 0.2) is 48.5 Å². The third-order valence-corrected chi connectivity index (χ3v) is 3.20. The van der Waals surface area contributed by atoms with E-state index in [1.165, 1.54) is 0 Å². The van der Waals surface area contributed by atoms with E-state index in [9.17, 15) is 4.79 Å². The Morgan fingerprint density at radius 3 is 2.35 bits per heavy atom. The van der Waals surface area contributed by atoms with Crippen LogP contribution in [0.4, 0.5) is 0 Å². The van der Waals surface area contributed by atoms with Crippen molar-refractivity contribution >= 4 is 17.4 Å². The Bertz CT molecular complexity index is 593. The van der Waals surface area contributed by atoms with Crippen LogP contribution < -0.4 is 9.47 Å². The van der Waals surface area contributed by atoms with Crippen molar-refractivity contribution in [3.05, 3.63) is 59.1 Å². The summed E-state index contributed by atoms with van der Waals surface area (Å²) >= 11 is 6.01. The lowest BCUT2D eigenvalue weighted by molar-refractivity contribution is 0.0818. The van der Waals surface area contributed by atoms with Crippen molar-refractivity contribution in [3.8, 4) is 11.5 Å². The molecule has 0 radical (unpaired) electrons. The predicted molar refractivity (Wildman–Crippen MR) is 78.9 cm³/mol. The molecular weight excluding hydrogens is 276 g/mol. The number of carbonyl (C=O) groups excluding carboxylic acids is 1. The monoisotopic (exact) mass is 290 g/mol. The summed E-state index contributed by atoms with van der Waals surface area (Å²) in [6.07, 6.45) is -0.608. The van der Waals surface area contributed by atoms with E-state index in [0.717, 1.165) is 0 Å². The lowest BCUT2D eigenvalue weighted by Gasteiger charge is -2.14. The summed E-state index contributed by atoms with van der Waals surface area (Å²) in [5.74, 6) is 1.11. The second-order valence-corrected chi connectivity index (χ2v) is 4.69. The molecule has 0 aromatic heterocycles. The zero-order valence-electron chi connectivity index (χ0n) is 11.3. The fraction of sp³-hybridized carbons (Fsp3) is 0.188. The van der Waals surface area contributed by atoms with Crippen molar-refractivity contribution in [2.24, 2.45) is 0 Å². The summed E-state index contributed by atoms with van der Waals surface area (Å²) in [6, 6.07) is 14.0. The van der Waals surface area contributed by atoms with Gasteiger partial charge in [-0.1, -0.05) is 23.7 Å². The Morgan fingerprint density at radius 2 is 1.75 bits per heavy atom. The fourth-order valence-electron chi connectivity index (χ4n) is 1.77. The zero-order valence-corrected chi connectivity index (χ0v) is 12.1. The molecule has 0 N–H and O–H groups in total. The summed E-state index contributed by atoms with van der Waals surface area (Å²) in [7, 11) is 1.58. The smallest absolute Gasteiger partial charge is 0.202 e. The van der Waals surface area contributed by atoms with Crippen molar-refractivity contribution in [1.29, 1.82) is 0 Å². The molecule has 2 aromatic rings. The normalized spacial score (nSPS) is 11.8. The number of methoxy groups -OCH3 is 1. The standard InChI is InChI=1S/C16H15ClO3/c1-11(20-15-6-4-3-5-14(15)17)16(18)12-7-9-13(19-2)10-8-12/h3-11H,1-2H3. The van der Waals surface area contributed by atoms with E-state index in [2.05, 4.69) is 0 Å². The number of hydrogen-bond donors (Lipinski definition) is 0. The molecule has 0 bridgehead atoms. The van der Waals surface area contributed by atoms with E-state index in [0.29, 0.717) is 22.1 Å². The van der Waals surface area contributed by atoms with Crippen LogP contribution in [-0.2, 0) is 0 Å². The van der Waals surface area contributed by atoms with Gasteiger partial charge in [-0.05, 0) is 43.3 Å². The highest BCUT2D eigenvalue weighted by molar-refractivity contribution is 6.32. The zero-order chi connectivity index (χ0) is 14.5. The number of carbonyl (C=O) groups is 1. The molecule has 0 aliphatic heterocycles. The van der Waals surface area contributed by atoms with Gasteiger partial charge in [-0.3, -0.25) is 4.79 Å². The SMILES string of the molecule is COc1ccc(C(=O)C(C)Oc2ccccc2Cl)cc1. The fourth-order valence-corrected chi connectivity index (χ4v) is 1.95. The summed E-state index contributed by atoms with van der Waals surface area (Å²) in [4.78, 5) is 12.3. The van der Waals surface area contributed by atoms with E-state index < -0.39 is 6.10 Å². The highest BCUT2D eigenvalue weighted by atomic mass is 35.5. The second kappa shape index (κ2) is 6.44. The summed E-state index contributed by atoms with van der Waals surface area (Å²) in [5.41, 5.74) is 0.574. The van der Waals surface area contributed by atoms with Gasteiger partial charge in [0.15, 0.2) is 6.10 Å².